The van der Waals surface area contributed by atoms with Gasteiger partial charge in [0.25, 0.3) is 5.91 Å². The molecule has 0 aromatic heterocycles. The lowest BCUT2D eigenvalue weighted by atomic mass is 10.1. The summed E-state index contributed by atoms with van der Waals surface area (Å²) in [6.07, 6.45) is 0. The van der Waals surface area contributed by atoms with Crippen molar-refractivity contribution in [2.45, 2.75) is 29.8 Å². The third kappa shape index (κ3) is 6.49. The van der Waals surface area contributed by atoms with Crippen molar-refractivity contribution in [3.63, 3.8) is 0 Å². The summed E-state index contributed by atoms with van der Waals surface area (Å²) in [6.45, 7) is 3.79. The van der Waals surface area contributed by atoms with Gasteiger partial charge in [0.1, 0.15) is 0 Å². The number of thioether (sulfide) groups is 1. The van der Waals surface area contributed by atoms with Crippen molar-refractivity contribution in [2.24, 2.45) is 5.73 Å². The van der Waals surface area contributed by atoms with Crippen LogP contribution in [0.15, 0.2) is 29.2 Å². The fourth-order valence-electron chi connectivity index (χ4n) is 1.24. The first-order valence-electron chi connectivity index (χ1n) is 5.51. The third-order valence-corrected chi connectivity index (χ3v) is 3.05. The smallest absolute Gasteiger partial charge is 0.346 e. The minimum atomic E-state index is -4.33. The van der Waals surface area contributed by atoms with E-state index in [2.05, 4.69) is 5.32 Å². The molecule has 8 heteroatoms. The lowest BCUT2D eigenvalue weighted by Crippen LogP contribution is -2.48. The van der Waals surface area contributed by atoms with Gasteiger partial charge >= 0.3 is 5.51 Å². The molecular formula is C12H16ClF3N2OS. The van der Waals surface area contributed by atoms with Crippen LogP contribution in [0.5, 0.6) is 0 Å². The summed E-state index contributed by atoms with van der Waals surface area (Å²) in [5, 5.41) is 2.70. The number of nitrogens with one attached hydrogen (secondary N) is 1. The van der Waals surface area contributed by atoms with Crippen LogP contribution in [0.25, 0.3) is 0 Å². The topological polar surface area (TPSA) is 55.1 Å². The largest absolute Gasteiger partial charge is 0.446 e. The van der Waals surface area contributed by atoms with Crippen LogP contribution >= 0.6 is 24.2 Å². The van der Waals surface area contributed by atoms with Gasteiger partial charge in [-0.25, -0.2) is 0 Å². The molecule has 0 fully saturated rings. The van der Waals surface area contributed by atoms with Crippen LogP contribution in [0.3, 0.4) is 0 Å². The van der Waals surface area contributed by atoms with E-state index in [9.17, 15) is 18.0 Å². The summed E-state index contributed by atoms with van der Waals surface area (Å²) in [5.41, 5.74) is 0.895. The van der Waals surface area contributed by atoms with Gasteiger partial charge in [0, 0.05) is 22.5 Å². The monoisotopic (exact) mass is 328 g/mol. The van der Waals surface area contributed by atoms with Gasteiger partial charge in [-0.1, -0.05) is 0 Å². The Kier molecular flexibility index (Phi) is 6.86. The summed E-state index contributed by atoms with van der Waals surface area (Å²) < 4.78 is 36.4. The van der Waals surface area contributed by atoms with Gasteiger partial charge in [-0.15, -0.1) is 12.4 Å². The number of amides is 1. The molecule has 3 nitrogen and oxygen atoms in total. The molecule has 0 aliphatic rings. The number of hydrogen-bond donors (Lipinski definition) is 2. The first kappa shape index (κ1) is 19.1. The van der Waals surface area contributed by atoms with E-state index in [1.807, 2.05) is 0 Å². The second-order valence-electron chi connectivity index (χ2n) is 4.61. The van der Waals surface area contributed by atoms with Crippen molar-refractivity contribution in [1.29, 1.82) is 0 Å². The molecule has 0 aliphatic carbocycles. The van der Waals surface area contributed by atoms with Gasteiger partial charge in [0.2, 0.25) is 0 Å². The lowest BCUT2D eigenvalue weighted by molar-refractivity contribution is -0.0328. The number of benzene rings is 1. The molecule has 0 radical (unpaired) electrons. The number of nitrogens with two attached hydrogens (primary N) is 1. The van der Waals surface area contributed by atoms with Gasteiger partial charge in [-0.3, -0.25) is 4.79 Å². The summed E-state index contributed by atoms with van der Waals surface area (Å²) in [7, 11) is 0. The van der Waals surface area contributed by atoms with Crippen LogP contribution in [0.4, 0.5) is 13.2 Å². The number of rotatable bonds is 4. The molecule has 0 heterocycles. The van der Waals surface area contributed by atoms with Gasteiger partial charge in [0.15, 0.2) is 0 Å². The Morgan fingerprint density at radius 2 is 1.75 bits per heavy atom. The molecule has 0 unspecified atom stereocenters. The maximum absolute atomic E-state index is 12.1. The maximum Gasteiger partial charge on any atom is 0.446 e. The highest BCUT2D eigenvalue weighted by molar-refractivity contribution is 8.00. The maximum atomic E-state index is 12.1. The van der Waals surface area contributed by atoms with E-state index in [1.54, 1.807) is 13.8 Å². The van der Waals surface area contributed by atoms with E-state index in [0.29, 0.717) is 5.56 Å². The van der Waals surface area contributed by atoms with E-state index in [-0.39, 0.29) is 41.5 Å². The van der Waals surface area contributed by atoms with Crippen LogP contribution in [-0.2, 0) is 0 Å². The van der Waals surface area contributed by atoms with E-state index >= 15 is 0 Å². The number of carbonyl (C=O) groups is 1. The van der Waals surface area contributed by atoms with E-state index in [4.69, 9.17) is 5.73 Å². The number of halogens is 4. The Morgan fingerprint density at radius 1 is 1.25 bits per heavy atom. The molecule has 0 saturated heterocycles. The fourth-order valence-corrected chi connectivity index (χ4v) is 1.78. The zero-order valence-electron chi connectivity index (χ0n) is 11.0. The number of alkyl halides is 3. The highest BCUT2D eigenvalue weighted by Gasteiger charge is 2.29. The average Bonchev–Trinajstić information content (AvgIpc) is 2.27. The molecule has 3 N–H and O–H groups in total. The van der Waals surface area contributed by atoms with Gasteiger partial charge in [-0.2, -0.15) is 13.2 Å². The highest BCUT2D eigenvalue weighted by Crippen LogP contribution is 2.36. The van der Waals surface area contributed by atoms with Crippen molar-refractivity contribution in [3.05, 3.63) is 29.8 Å². The normalized spacial score (nSPS) is 11.7. The summed E-state index contributed by atoms with van der Waals surface area (Å²) >= 11 is -0.213. The van der Waals surface area contributed by atoms with Crippen LogP contribution in [0.2, 0.25) is 0 Å². The van der Waals surface area contributed by atoms with Crippen LogP contribution in [-0.4, -0.2) is 23.5 Å². The van der Waals surface area contributed by atoms with Crippen LogP contribution in [0, 0.1) is 0 Å². The fraction of sp³-hybridized carbons (Fsp3) is 0.417. The minimum absolute atomic E-state index is 0. The highest BCUT2D eigenvalue weighted by atomic mass is 35.5. The van der Waals surface area contributed by atoms with E-state index < -0.39 is 11.0 Å². The van der Waals surface area contributed by atoms with Crippen LogP contribution in [0.1, 0.15) is 24.2 Å². The molecule has 20 heavy (non-hydrogen) atoms. The Hall–Kier alpha value is -0.920. The molecule has 114 valence electrons. The third-order valence-electron chi connectivity index (χ3n) is 2.31. The zero-order valence-corrected chi connectivity index (χ0v) is 12.6. The van der Waals surface area contributed by atoms with E-state index in [1.165, 1.54) is 24.3 Å². The summed E-state index contributed by atoms with van der Waals surface area (Å²) in [5.74, 6) is -0.362. The Morgan fingerprint density at radius 3 is 2.15 bits per heavy atom. The molecule has 1 aromatic carbocycles. The first-order chi connectivity index (χ1) is 8.63. The predicted molar refractivity (Wildman–Crippen MR) is 76.2 cm³/mol. The Balaban J connectivity index is 0.00000361. The SMILES string of the molecule is CC(C)(CN)NC(=O)c1ccc(SC(F)(F)F)cc1.Cl. The molecule has 1 rings (SSSR count). The molecule has 0 saturated carbocycles. The molecule has 0 atom stereocenters. The average molecular weight is 329 g/mol. The van der Waals surface area contributed by atoms with Gasteiger partial charge < -0.3 is 11.1 Å². The first-order valence-corrected chi connectivity index (χ1v) is 6.33. The zero-order chi connectivity index (χ0) is 14.7. The lowest BCUT2D eigenvalue weighted by Gasteiger charge is -2.24. The summed E-state index contributed by atoms with van der Waals surface area (Å²) in [4.78, 5) is 11.9. The minimum Gasteiger partial charge on any atom is -0.346 e. The molecule has 0 spiro atoms. The van der Waals surface area contributed by atoms with Crippen molar-refractivity contribution in [3.8, 4) is 0 Å². The molecule has 0 bridgehead atoms. The molecular weight excluding hydrogens is 313 g/mol. The standard InChI is InChI=1S/C12H15F3N2OS.ClH/c1-11(2,7-16)17-10(18)8-3-5-9(6-4-8)19-12(13,14)15;/h3-6H,7,16H2,1-2H3,(H,17,18);1H. The Bertz CT molecular complexity index is 449. The van der Waals surface area contributed by atoms with Crippen molar-refractivity contribution >= 4 is 30.1 Å². The van der Waals surface area contributed by atoms with Crippen molar-refractivity contribution < 1.29 is 18.0 Å². The van der Waals surface area contributed by atoms with Gasteiger partial charge in [0.05, 0.1) is 0 Å². The second-order valence-corrected chi connectivity index (χ2v) is 5.75. The van der Waals surface area contributed by atoms with Crippen molar-refractivity contribution in [2.75, 3.05) is 6.54 Å². The molecule has 1 amide bonds. The quantitative estimate of drug-likeness (QED) is 0.835. The van der Waals surface area contributed by atoms with Crippen molar-refractivity contribution in [1.82, 2.24) is 5.32 Å². The van der Waals surface area contributed by atoms with Gasteiger partial charge in [-0.05, 0) is 49.9 Å². The van der Waals surface area contributed by atoms with Crippen LogP contribution < -0.4 is 11.1 Å². The molecule has 0 aliphatic heterocycles. The second kappa shape index (κ2) is 7.19. The Labute approximate surface area is 125 Å². The van der Waals surface area contributed by atoms with E-state index in [0.717, 1.165) is 0 Å². The summed E-state index contributed by atoms with van der Waals surface area (Å²) in [6, 6.07) is 5.25. The molecule has 1 aromatic rings. The number of hydrogen-bond acceptors (Lipinski definition) is 3. The number of carbonyl (C=O) groups excluding carboxylic acids is 1. The predicted octanol–water partition coefficient (Wildman–Crippen LogP) is 3.19.